The fraction of sp³-hybridized carbons (Fsp3) is 0.148. The summed E-state index contributed by atoms with van der Waals surface area (Å²) in [6.45, 7) is 20.0. The molecular weight excluding hydrogens is 705 g/mol. The molecule has 0 saturated carbocycles. The first-order valence-corrected chi connectivity index (χ1v) is 20.1. The minimum atomic E-state index is -0.0984. The fourth-order valence-corrected chi connectivity index (χ4v) is 9.44. The Kier molecular flexibility index (Phi) is 8.89. The second-order valence-electron chi connectivity index (χ2n) is 16.3. The number of nitrogens with zero attached hydrogens (tertiary/aromatic N) is 4. The lowest BCUT2D eigenvalue weighted by atomic mass is 9.82. The van der Waals surface area contributed by atoms with Crippen molar-refractivity contribution in [2.45, 2.75) is 52.4 Å². The summed E-state index contributed by atoms with van der Waals surface area (Å²) in [7, 11) is 0. The summed E-state index contributed by atoms with van der Waals surface area (Å²) in [5.41, 5.74) is 19.0. The summed E-state index contributed by atoms with van der Waals surface area (Å²) in [5.74, 6) is 0. The van der Waals surface area contributed by atoms with E-state index in [0.29, 0.717) is 0 Å². The van der Waals surface area contributed by atoms with E-state index in [4.69, 9.17) is 9.97 Å². The number of allylic oxidation sites excluding steroid dienone is 4. The number of pyridine rings is 2. The van der Waals surface area contributed by atoms with Crippen LogP contribution in [0.5, 0.6) is 0 Å². The molecule has 0 fully saturated rings. The van der Waals surface area contributed by atoms with Crippen LogP contribution in [-0.4, -0.2) is 19.1 Å². The third-order valence-corrected chi connectivity index (χ3v) is 12.1. The largest absolute Gasteiger partial charge is 0.308 e. The average molecular weight is 753 g/mol. The van der Waals surface area contributed by atoms with Crippen LogP contribution in [0.1, 0.15) is 63.8 Å². The Balaban J connectivity index is 0.000000502. The van der Waals surface area contributed by atoms with Crippen LogP contribution < -0.4 is 0 Å². The predicted octanol–water partition coefficient (Wildman–Crippen LogP) is 14.2. The molecule has 5 aromatic carbocycles. The van der Waals surface area contributed by atoms with Crippen LogP contribution in [0.25, 0.3) is 77.6 Å². The molecule has 0 spiro atoms. The van der Waals surface area contributed by atoms with E-state index in [-0.39, 0.29) is 10.8 Å². The average Bonchev–Trinajstić information content (AvgIpc) is 3.89. The third-order valence-electron chi connectivity index (χ3n) is 12.1. The lowest BCUT2D eigenvalue weighted by Crippen LogP contribution is -2.15. The number of fused-ring (bicyclic) bond motifs is 12. The highest BCUT2D eigenvalue weighted by Crippen LogP contribution is 2.51. The number of hydrogen-bond acceptors (Lipinski definition) is 2. The Bertz CT molecular complexity index is 2930. The van der Waals surface area contributed by atoms with E-state index in [9.17, 15) is 0 Å². The summed E-state index contributed by atoms with van der Waals surface area (Å²) >= 11 is 0. The van der Waals surface area contributed by atoms with Gasteiger partial charge in [-0.15, -0.1) is 6.58 Å². The van der Waals surface area contributed by atoms with Gasteiger partial charge < -0.3 is 4.57 Å². The van der Waals surface area contributed by atoms with Gasteiger partial charge in [0.15, 0.2) is 0 Å². The minimum absolute atomic E-state index is 0.0879. The first-order chi connectivity index (χ1) is 28.1. The van der Waals surface area contributed by atoms with Gasteiger partial charge in [-0.05, 0) is 107 Å². The summed E-state index contributed by atoms with van der Waals surface area (Å²) in [5, 5.41) is 2.19. The molecule has 0 bridgehead atoms. The highest BCUT2D eigenvalue weighted by Gasteiger charge is 2.37. The molecule has 0 amide bonds. The Labute approximate surface area is 341 Å². The second-order valence-corrected chi connectivity index (χ2v) is 16.3. The van der Waals surface area contributed by atoms with Gasteiger partial charge in [0.05, 0.1) is 27.6 Å². The maximum atomic E-state index is 5.57. The van der Waals surface area contributed by atoms with Gasteiger partial charge in [-0.3, -0.25) is 9.55 Å². The lowest BCUT2D eigenvalue weighted by molar-refractivity contribution is 0.660. The molecular formula is C54H48N4. The molecule has 0 atom stereocenters. The van der Waals surface area contributed by atoms with Gasteiger partial charge in [0, 0.05) is 39.2 Å². The van der Waals surface area contributed by atoms with Gasteiger partial charge in [-0.1, -0.05) is 137 Å². The molecule has 2 aliphatic rings. The molecule has 58 heavy (non-hydrogen) atoms. The first-order valence-electron chi connectivity index (χ1n) is 20.1. The number of hydrogen-bond donors (Lipinski definition) is 0. The van der Waals surface area contributed by atoms with Gasteiger partial charge in [0.25, 0.3) is 0 Å². The van der Waals surface area contributed by atoms with E-state index in [1.54, 1.807) is 12.2 Å². The van der Waals surface area contributed by atoms with E-state index in [0.717, 1.165) is 55.4 Å². The van der Waals surface area contributed by atoms with E-state index in [1.807, 2.05) is 38.3 Å². The van der Waals surface area contributed by atoms with Crippen LogP contribution in [0, 0.1) is 0 Å². The molecule has 0 aliphatic heterocycles. The van der Waals surface area contributed by atoms with Crippen LogP contribution in [0.15, 0.2) is 171 Å². The van der Waals surface area contributed by atoms with E-state index in [1.165, 1.54) is 44.5 Å². The Hall–Kier alpha value is -6.78. The molecule has 0 radical (unpaired) electrons. The zero-order valence-corrected chi connectivity index (χ0v) is 34.2. The SMILES string of the molecule is C=C/C=C\C.C=CC.CC1(C)c2ccccc2-c2ccc(-n3c4ccccc4c4nc5c(cc43)c3ncccc3n5-c3ccc4c(c3)C(C)(C)c3ccccc3-4)cc21. The monoisotopic (exact) mass is 752 g/mol. The van der Waals surface area contributed by atoms with Crippen molar-refractivity contribution in [3.8, 4) is 33.6 Å². The molecule has 4 heterocycles. The maximum Gasteiger partial charge on any atom is 0.148 e. The zero-order chi connectivity index (χ0) is 40.3. The van der Waals surface area contributed by atoms with Gasteiger partial charge in [0.2, 0.25) is 0 Å². The molecule has 11 rings (SSSR count). The highest BCUT2D eigenvalue weighted by atomic mass is 15.1. The van der Waals surface area contributed by atoms with Crippen LogP contribution in [0.4, 0.5) is 0 Å². The molecule has 2 aliphatic carbocycles. The molecule has 4 heteroatoms. The van der Waals surface area contributed by atoms with Crippen molar-refractivity contribution >= 4 is 44.0 Å². The van der Waals surface area contributed by atoms with E-state index >= 15 is 0 Å². The zero-order valence-electron chi connectivity index (χ0n) is 34.2. The van der Waals surface area contributed by atoms with Crippen molar-refractivity contribution in [2.24, 2.45) is 0 Å². The van der Waals surface area contributed by atoms with Crippen LogP contribution in [0.3, 0.4) is 0 Å². The smallest absolute Gasteiger partial charge is 0.148 e. The summed E-state index contributed by atoms with van der Waals surface area (Å²) in [4.78, 5) is 10.5. The number of aromatic nitrogens is 4. The van der Waals surface area contributed by atoms with E-state index in [2.05, 4.69) is 171 Å². The van der Waals surface area contributed by atoms with Gasteiger partial charge in [0.1, 0.15) is 5.65 Å². The lowest BCUT2D eigenvalue weighted by Gasteiger charge is -2.22. The number of rotatable bonds is 3. The molecule has 0 unspecified atom stereocenters. The second kappa shape index (κ2) is 14.0. The van der Waals surface area contributed by atoms with Crippen molar-refractivity contribution in [1.82, 2.24) is 19.1 Å². The van der Waals surface area contributed by atoms with Crippen molar-refractivity contribution < 1.29 is 0 Å². The van der Waals surface area contributed by atoms with Crippen LogP contribution >= 0.6 is 0 Å². The van der Waals surface area contributed by atoms with Crippen LogP contribution in [-0.2, 0) is 10.8 Å². The highest BCUT2D eigenvalue weighted by molar-refractivity contribution is 6.15. The Morgan fingerprint density at radius 2 is 1.05 bits per heavy atom. The normalized spacial score (nSPS) is 14.0. The van der Waals surface area contributed by atoms with Crippen molar-refractivity contribution in [2.75, 3.05) is 0 Å². The number of benzene rings is 5. The van der Waals surface area contributed by atoms with Crippen molar-refractivity contribution in [3.05, 3.63) is 193 Å². The standard InChI is InChI=1S/C46H34N4.C5H8.C3H6/c1-45(2)35-15-8-5-12-29(35)31-21-19-27(24-37(31)45)49-39-17-10-7-14-33(39)43-41(49)26-34-42-40(18-11-23-47-42)50(44(34)48-43)28-20-22-32-30-13-6-9-16-36(30)46(3,4)38(32)25-28;1-3-5-4-2;1-3-2/h5-26H,1-4H3;3-5H,1H2,2H3;3H,1H2,2H3/b;5-4-;. The maximum absolute atomic E-state index is 5.57. The first kappa shape index (κ1) is 36.8. The van der Waals surface area contributed by atoms with E-state index < -0.39 is 0 Å². The summed E-state index contributed by atoms with van der Waals surface area (Å²) in [6.07, 6.45) is 9.22. The van der Waals surface area contributed by atoms with Gasteiger partial charge in [-0.25, -0.2) is 4.98 Å². The minimum Gasteiger partial charge on any atom is -0.308 e. The van der Waals surface area contributed by atoms with Gasteiger partial charge in [-0.2, -0.15) is 0 Å². The molecule has 0 N–H and O–H groups in total. The van der Waals surface area contributed by atoms with Gasteiger partial charge >= 0.3 is 0 Å². The molecule has 4 aromatic heterocycles. The summed E-state index contributed by atoms with van der Waals surface area (Å²) < 4.78 is 4.72. The molecule has 9 aromatic rings. The Morgan fingerprint density at radius 3 is 1.64 bits per heavy atom. The quantitative estimate of drug-likeness (QED) is 0.133. The Morgan fingerprint density at radius 1 is 0.517 bits per heavy atom. The number of para-hydroxylation sites is 1. The third kappa shape index (κ3) is 5.43. The van der Waals surface area contributed by atoms with Crippen molar-refractivity contribution in [3.63, 3.8) is 0 Å². The molecule has 4 nitrogen and oxygen atoms in total. The van der Waals surface area contributed by atoms with Crippen molar-refractivity contribution in [1.29, 1.82) is 0 Å². The topological polar surface area (TPSA) is 35.6 Å². The molecule has 0 saturated heterocycles. The van der Waals surface area contributed by atoms with Crippen LogP contribution in [0.2, 0.25) is 0 Å². The molecule has 284 valence electrons. The predicted molar refractivity (Wildman–Crippen MR) is 247 cm³/mol. The summed E-state index contributed by atoms with van der Waals surface area (Å²) in [6, 6.07) is 46.8. The fourth-order valence-electron chi connectivity index (χ4n) is 9.44.